The van der Waals surface area contributed by atoms with E-state index in [-0.39, 0.29) is 11.9 Å². The van der Waals surface area contributed by atoms with Crippen LogP contribution in [0.3, 0.4) is 0 Å². The summed E-state index contributed by atoms with van der Waals surface area (Å²) < 4.78 is 10.6. The maximum atomic E-state index is 12.9. The summed E-state index contributed by atoms with van der Waals surface area (Å²) in [5.41, 5.74) is 1.64. The molecule has 138 valence electrons. The second kappa shape index (κ2) is 8.72. The first-order chi connectivity index (χ1) is 12.7. The highest BCUT2D eigenvalue weighted by molar-refractivity contribution is 5.95. The Bertz CT molecular complexity index is 705. The van der Waals surface area contributed by atoms with E-state index in [1.807, 2.05) is 18.2 Å². The molecule has 0 aliphatic carbocycles. The van der Waals surface area contributed by atoms with E-state index in [2.05, 4.69) is 22.3 Å². The van der Waals surface area contributed by atoms with Gasteiger partial charge in [-0.2, -0.15) is 0 Å². The molecule has 5 heteroatoms. The van der Waals surface area contributed by atoms with Crippen LogP contribution in [0, 0.1) is 0 Å². The van der Waals surface area contributed by atoms with E-state index in [9.17, 15) is 4.79 Å². The fourth-order valence-corrected chi connectivity index (χ4v) is 3.32. The lowest BCUT2D eigenvalue weighted by Gasteiger charge is -2.25. The molecule has 1 fully saturated rings. The van der Waals surface area contributed by atoms with Crippen LogP contribution in [0.15, 0.2) is 48.5 Å². The number of nitrogens with zero attached hydrogens (tertiary/aromatic N) is 1. The van der Waals surface area contributed by atoms with Crippen LogP contribution in [0.1, 0.15) is 34.8 Å². The molecule has 2 aromatic carbocycles. The van der Waals surface area contributed by atoms with Crippen LogP contribution in [-0.4, -0.2) is 44.7 Å². The normalized spacial score (nSPS) is 15.5. The SMILES string of the molecule is COc1cc(OC)cc(C(=O)NC(CN2CCCC2)c2ccccc2)c1. The molecule has 2 aromatic rings. The summed E-state index contributed by atoms with van der Waals surface area (Å²) in [4.78, 5) is 15.3. The van der Waals surface area contributed by atoms with Crippen LogP contribution >= 0.6 is 0 Å². The maximum Gasteiger partial charge on any atom is 0.252 e. The topological polar surface area (TPSA) is 50.8 Å². The highest BCUT2D eigenvalue weighted by Crippen LogP contribution is 2.24. The van der Waals surface area contributed by atoms with Crippen LogP contribution < -0.4 is 14.8 Å². The number of rotatable bonds is 7. The molecule has 1 unspecified atom stereocenters. The molecule has 1 atom stereocenters. The number of hydrogen-bond acceptors (Lipinski definition) is 4. The first-order valence-electron chi connectivity index (χ1n) is 9.01. The largest absolute Gasteiger partial charge is 0.497 e. The van der Waals surface area contributed by atoms with Gasteiger partial charge in [-0.3, -0.25) is 4.79 Å². The molecule has 0 spiro atoms. The van der Waals surface area contributed by atoms with Crippen LogP contribution in [0.5, 0.6) is 11.5 Å². The zero-order chi connectivity index (χ0) is 18.4. The molecule has 0 aromatic heterocycles. The molecule has 3 rings (SSSR count). The predicted molar refractivity (Wildman–Crippen MR) is 102 cm³/mol. The van der Waals surface area contributed by atoms with Crippen molar-refractivity contribution in [3.63, 3.8) is 0 Å². The Hall–Kier alpha value is -2.53. The Morgan fingerprint density at radius 1 is 1.04 bits per heavy atom. The van der Waals surface area contributed by atoms with Gasteiger partial charge in [0.25, 0.3) is 5.91 Å². The molecule has 26 heavy (non-hydrogen) atoms. The summed E-state index contributed by atoms with van der Waals surface area (Å²) in [7, 11) is 3.16. The molecule has 0 radical (unpaired) electrons. The standard InChI is InChI=1S/C21H26N2O3/c1-25-18-12-17(13-19(14-18)26-2)21(24)22-20(15-23-10-6-7-11-23)16-8-4-3-5-9-16/h3-5,8-9,12-14,20H,6-7,10-11,15H2,1-2H3,(H,22,24). The number of ether oxygens (including phenoxy) is 2. The summed E-state index contributed by atoms with van der Waals surface area (Å²) in [5, 5.41) is 3.19. The first-order valence-corrected chi connectivity index (χ1v) is 9.01. The van der Waals surface area contributed by atoms with E-state index in [4.69, 9.17) is 9.47 Å². The highest BCUT2D eigenvalue weighted by Gasteiger charge is 2.21. The van der Waals surface area contributed by atoms with Gasteiger partial charge in [0.1, 0.15) is 11.5 Å². The van der Waals surface area contributed by atoms with Gasteiger partial charge in [0.2, 0.25) is 0 Å². The Morgan fingerprint density at radius 3 is 2.23 bits per heavy atom. The van der Waals surface area contributed by atoms with E-state index in [1.54, 1.807) is 32.4 Å². The summed E-state index contributed by atoms with van der Waals surface area (Å²) in [5.74, 6) is 1.07. The molecular weight excluding hydrogens is 328 g/mol. The van der Waals surface area contributed by atoms with Gasteiger partial charge in [-0.25, -0.2) is 0 Å². The zero-order valence-electron chi connectivity index (χ0n) is 15.4. The van der Waals surface area contributed by atoms with Gasteiger partial charge >= 0.3 is 0 Å². The minimum atomic E-state index is -0.129. The van der Waals surface area contributed by atoms with Gasteiger partial charge in [0.15, 0.2) is 0 Å². The Kier molecular flexibility index (Phi) is 6.12. The summed E-state index contributed by atoms with van der Waals surface area (Å²) in [6.45, 7) is 3.00. The van der Waals surface area contributed by atoms with Crippen molar-refractivity contribution in [2.24, 2.45) is 0 Å². The van der Waals surface area contributed by atoms with Gasteiger partial charge in [-0.05, 0) is 43.6 Å². The molecule has 0 saturated carbocycles. The van der Waals surface area contributed by atoms with Crippen LogP contribution in [0.2, 0.25) is 0 Å². The quantitative estimate of drug-likeness (QED) is 0.829. The molecule has 1 heterocycles. The molecule has 1 aliphatic heterocycles. The molecule has 1 N–H and O–H groups in total. The summed E-state index contributed by atoms with van der Waals surface area (Å²) >= 11 is 0. The number of carbonyl (C=O) groups excluding carboxylic acids is 1. The molecule has 1 saturated heterocycles. The smallest absolute Gasteiger partial charge is 0.252 e. The molecule has 1 amide bonds. The van der Waals surface area contributed by atoms with E-state index < -0.39 is 0 Å². The lowest BCUT2D eigenvalue weighted by atomic mass is 10.1. The van der Waals surface area contributed by atoms with Gasteiger partial charge in [0, 0.05) is 18.2 Å². The number of amides is 1. The number of benzene rings is 2. The number of methoxy groups -OCH3 is 2. The predicted octanol–water partition coefficient (Wildman–Crippen LogP) is 3.27. The summed E-state index contributed by atoms with van der Waals surface area (Å²) in [6, 6.07) is 15.3. The van der Waals surface area contributed by atoms with Crippen molar-refractivity contribution in [1.29, 1.82) is 0 Å². The van der Waals surface area contributed by atoms with Crippen molar-refractivity contribution >= 4 is 5.91 Å². The van der Waals surface area contributed by atoms with Crippen molar-refractivity contribution in [2.75, 3.05) is 33.9 Å². The Balaban J connectivity index is 1.80. The second-order valence-corrected chi connectivity index (χ2v) is 6.55. The first kappa shape index (κ1) is 18.3. The van der Waals surface area contributed by atoms with Gasteiger partial charge in [-0.1, -0.05) is 30.3 Å². The molecular formula is C21H26N2O3. The molecule has 0 bridgehead atoms. The average molecular weight is 354 g/mol. The van der Waals surface area contributed by atoms with Crippen molar-refractivity contribution in [2.45, 2.75) is 18.9 Å². The number of carbonyl (C=O) groups is 1. The summed E-state index contributed by atoms with van der Waals surface area (Å²) in [6.07, 6.45) is 2.45. The lowest BCUT2D eigenvalue weighted by Crippen LogP contribution is -2.37. The minimum absolute atomic E-state index is 0.0565. The van der Waals surface area contributed by atoms with Crippen LogP contribution in [0.4, 0.5) is 0 Å². The van der Waals surface area contributed by atoms with E-state index in [1.165, 1.54) is 12.8 Å². The fraction of sp³-hybridized carbons (Fsp3) is 0.381. The van der Waals surface area contributed by atoms with E-state index >= 15 is 0 Å². The maximum absolute atomic E-state index is 12.9. The fourth-order valence-electron chi connectivity index (χ4n) is 3.32. The monoisotopic (exact) mass is 354 g/mol. The van der Waals surface area contributed by atoms with E-state index in [0.717, 1.165) is 25.2 Å². The number of likely N-dealkylation sites (tertiary alicyclic amines) is 1. The zero-order valence-corrected chi connectivity index (χ0v) is 15.4. The van der Waals surface area contributed by atoms with Crippen molar-refractivity contribution < 1.29 is 14.3 Å². The van der Waals surface area contributed by atoms with Gasteiger partial charge in [-0.15, -0.1) is 0 Å². The van der Waals surface area contributed by atoms with E-state index in [0.29, 0.717) is 17.1 Å². The third-order valence-corrected chi connectivity index (χ3v) is 4.76. The molecule has 1 aliphatic rings. The Morgan fingerprint density at radius 2 is 1.65 bits per heavy atom. The third kappa shape index (κ3) is 4.55. The average Bonchev–Trinajstić information content (AvgIpc) is 3.20. The van der Waals surface area contributed by atoms with Crippen LogP contribution in [0.25, 0.3) is 0 Å². The van der Waals surface area contributed by atoms with Gasteiger partial charge in [0.05, 0.1) is 20.3 Å². The van der Waals surface area contributed by atoms with Crippen molar-refractivity contribution in [1.82, 2.24) is 10.2 Å². The van der Waals surface area contributed by atoms with Gasteiger partial charge < -0.3 is 19.7 Å². The molecule has 5 nitrogen and oxygen atoms in total. The lowest BCUT2D eigenvalue weighted by molar-refractivity contribution is 0.0926. The highest BCUT2D eigenvalue weighted by atomic mass is 16.5. The number of nitrogens with one attached hydrogen (secondary N) is 1. The minimum Gasteiger partial charge on any atom is -0.497 e. The van der Waals surface area contributed by atoms with Crippen molar-refractivity contribution in [3.8, 4) is 11.5 Å². The second-order valence-electron chi connectivity index (χ2n) is 6.55. The number of hydrogen-bond donors (Lipinski definition) is 1. The Labute approximate surface area is 154 Å². The van der Waals surface area contributed by atoms with Crippen molar-refractivity contribution in [3.05, 3.63) is 59.7 Å². The van der Waals surface area contributed by atoms with Crippen LogP contribution in [-0.2, 0) is 0 Å². The third-order valence-electron chi connectivity index (χ3n) is 4.76.